The first kappa shape index (κ1) is 14.8. The third-order valence-electron chi connectivity index (χ3n) is 2.79. The lowest BCUT2D eigenvalue weighted by molar-refractivity contribution is 0.460. The minimum absolute atomic E-state index is 0.266. The van der Waals surface area contributed by atoms with E-state index in [1.807, 2.05) is 13.0 Å². The summed E-state index contributed by atoms with van der Waals surface area (Å²) in [5.74, 6) is 0.563. The number of pyridine rings is 1. The normalized spacial score (nSPS) is 10.6. The highest BCUT2D eigenvalue weighted by atomic mass is 35.5. The maximum atomic E-state index is 13.2. The van der Waals surface area contributed by atoms with Crippen LogP contribution in [0.2, 0.25) is 5.02 Å². The Bertz CT molecular complexity index is 604. The number of aromatic nitrogens is 1. The molecule has 3 nitrogen and oxygen atoms in total. The van der Waals surface area contributed by atoms with Crippen molar-refractivity contribution in [3.05, 3.63) is 52.4 Å². The summed E-state index contributed by atoms with van der Waals surface area (Å²) in [6.45, 7) is 5.30. The highest BCUT2D eigenvalue weighted by Crippen LogP contribution is 2.28. The molecule has 1 heterocycles. The average molecular weight is 295 g/mol. The van der Waals surface area contributed by atoms with Crippen LogP contribution in [0.15, 0.2) is 30.5 Å². The smallest absolute Gasteiger partial charge is 0.238 e. The summed E-state index contributed by atoms with van der Waals surface area (Å²) in [6.07, 6.45) is 1.71. The van der Waals surface area contributed by atoms with Crippen molar-refractivity contribution in [2.24, 2.45) is 0 Å². The number of nitrogens with one attached hydrogen (secondary N) is 1. The highest BCUT2D eigenvalue weighted by molar-refractivity contribution is 6.31. The Balaban J connectivity index is 2.14. The summed E-state index contributed by atoms with van der Waals surface area (Å²) >= 11 is 6.14. The third-order valence-corrected chi connectivity index (χ3v) is 3.06. The number of halogens is 2. The van der Waals surface area contributed by atoms with Crippen molar-refractivity contribution >= 4 is 11.6 Å². The minimum atomic E-state index is -0.266. The van der Waals surface area contributed by atoms with Gasteiger partial charge in [-0.2, -0.15) is 0 Å². The second kappa shape index (κ2) is 6.68. The van der Waals surface area contributed by atoms with E-state index >= 15 is 0 Å². The van der Waals surface area contributed by atoms with Crippen molar-refractivity contribution in [3.8, 4) is 11.6 Å². The summed E-state index contributed by atoms with van der Waals surface area (Å²) in [5.41, 5.74) is 1.50. The molecule has 20 heavy (non-hydrogen) atoms. The molecule has 0 fully saturated rings. The first-order valence-electron chi connectivity index (χ1n) is 6.39. The monoisotopic (exact) mass is 294 g/mol. The van der Waals surface area contributed by atoms with Crippen LogP contribution in [0.5, 0.6) is 11.6 Å². The summed E-state index contributed by atoms with van der Waals surface area (Å²) in [7, 11) is 0. The molecule has 2 aromatic rings. The van der Waals surface area contributed by atoms with Crippen LogP contribution in [0.3, 0.4) is 0 Å². The van der Waals surface area contributed by atoms with Gasteiger partial charge in [0.15, 0.2) is 0 Å². The maximum Gasteiger partial charge on any atom is 0.238 e. The van der Waals surface area contributed by atoms with Gasteiger partial charge in [0, 0.05) is 12.7 Å². The van der Waals surface area contributed by atoms with Crippen LogP contribution >= 0.6 is 11.6 Å². The van der Waals surface area contributed by atoms with Gasteiger partial charge in [-0.25, -0.2) is 9.37 Å². The standard InChI is InChI=1S/C15H16ClFN2O/c1-3-18-8-11-7-13(16)15(19-9-11)20-12-4-5-14(17)10(2)6-12/h4-7,9,18H,3,8H2,1-2H3. The van der Waals surface area contributed by atoms with Gasteiger partial charge in [0.1, 0.15) is 16.6 Å². The summed E-state index contributed by atoms with van der Waals surface area (Å²) in [6, 6.07) is 6.33. The molecular weight excluding hydrogens is 279 g/mol. The van der Waals surface area contributed by atoms with Crippen molar-refractivity contribution in [2.75, 3.05) is 6.54 Å². The Labute approximate surface area is 122 Å². The second-order valence-corrected chi connectivity index (χ2v) is 4.83. The molecule has 0 aliphatic rings. The lowest BCUT2D eigenvalue weighted by Crippen LogP contribution is -2.11. The molecule has 0 radical (unpaired) electrons. The summed E-state index contributed by atoms with van der Waals surface area (Å²) < 4.78 is 18.8. The second-order valence-electron chi connectivity index (χ2n) is 4.42. The molecule has 0 aliphatic heterocycles. The SMILES string of the molecule is CCNCc1cnc(Oc2ccc(F)c(C)c2)c(Cl)c1. The van der Waals surface area contributed by atoms with Crippen LogP contribution in [-0.2, 0) is 6.54 Å². The molecule has 0 saturated heterocycles. The maximum absolute atomic E-state index is 13.2. The van der Waals surface area contributed by atoms with E-state index in [4.69, 9.17) is 16.3 Å². The number of aryl methyl sites for hydroxylation is 1. The van der Waals surface area contributed by atoms with Crippen LogP contribution in [0.25, 0.3) is 0 Å². The van der Waals surface area contributed by atoms with E-state index in [-0.39, 0.29) is 5.82 Å². The van der Waals surface area contributed by atoms with Gasteiger partial charge in [0.2, 0.25) is 5.88 Å². The molecule has 2 rings (SSSR count). The fraction of sp³-hybridized carbons (Fsp3) is 0.267. The van der Waals surface area contributed by atoms with Gasteiger partial charge in [-0.05, 0) is 48.9 Å². The molecule has 0 amide bonds. The molecule has 106 valence electrons. The molecule has 0 saturated carbocycles. The van der Waals surface area contributed by atoms with Gasteiger partial charge >= 0.3 is 0 Å². The Kier molecular flexibility index (Phi) is 4.93. The fourth-order valence-electron chi connectivity index (χ4n) is 1.70. The zero-order valence-electron chi connectivity index (χ0n) is 11.4. The van der Waals surface area contributed by atoms with E-state index in [2.05, 4.69) is 10.3 Å². The molecule has 1 N–H and O–H groups in total. The molecule has 0 aliphatic carbocycles. The number of hydrogen-bond acceptors (Lipinski definition) is 3. The van der Waals surface area contributed by atoms with E-state index < -0.39 is 0 Å². The van der Waals surface area contributed by atoms with Crippen LogP contribution in [0.4, 0.5) is 4.39 Å². The number of benzene rings is 1. The zero-order chi connectivity index (χ0) is 14.5. The van der Waals surface area contributed by atoms with E-state index in [1.165, 1.54) is 6.07 Å². The fourth-order valence-corrected chi connectivity index (χ4v) is 1.93. The van der Waals surface area contributed by atoms with Crippen molar-refractivity contribution in [1.82, 2.24) is 10.3 Å². The lowest BCUT2D eigenvalue weighted by atomic mass is 10.2. The van der Waals surface area contributed by atoms with Crippen molar-refractivity contribution in [1.29, 1.82) is 0 Å². The van der Waals surface area contributed by atoms with Crippen molar-refractivity contribution < 1.29 is 9.13 Å². The van der Waals surface area contributed by atoms with Gasteiger partial charge < -0.3 is 10.1 Å². The molecule has 1 aromatic carbocycles. The average Bonchev–Trinajstić information content (AvgIpc) is 2.43. The predicted molar refractivity (Wildman–Crippen MR) is 77.8 cm³/mol. The predicted octanol–water partition coefficient (Wildman–Crippen LogP) is 4.08. The van der Waals surface area contributed by atoms with Gasteiger partial charge in [-0.15, -0.1) is 0 Å². The largest absolute Gasteiger partial charge is 0.438 e. The Morgan fingerprint density at radius 3 is 2.80 bits per heavy atom. The van der Waals surface area contributed by atoms with Gasteiger partial charge in [-0.3, -0.25) is 0 Å². The van der Waals surface area contributed by atoms with Crippen molar-refractivity contribution in [3.63, 3.8) is 0 Å². The molecule has 0 spiro atoms. The molecule has 0 bridgehead atoms. The van der Waals surface area contributed by atoms with Crippen LogP contribution in [-0.4, -0.2) is 11.5 Å². The number of rotatable bonds is 5. The van der Waals surface area contributed by atoms with Gasteiger partial charge in [-0.1, -0.05) is 18.5 Å². The summed E-state index contributed by atoms with van der Waals surface area (Å²) in [4.78, 5) is 4.19. The lowest BCUT2D eigenvalue weighted by Gasteiger charge is -2.09. The van der Waals surface area contributed by atoms with Crippen LogP contribution in [0.1, 0.15) is 18.1 Å². The summed E-state index contributed by atoms with van der Waals surface area (Å²) in [5, 5.41) is 3.63. The Morgan fingerprint density at radius 2 is 2.15 bits per heavy atom. The quantitative estimate of drug-likeness (QED) is 0.902. The number of hydrogen-bond donors (Lipinski definition) is 1. The topological polar surface area (TPSA) is 34.2 Å². The van der Waals surface area contributed by atoms with Gasteiger partial charge in [0.05, 0.1) is 0 Å². The minimum Gasteiger partial charge on any atom is -0.438 e. The van der Waals surface area contributed by atoms with E-state index in [1.54, 1.807) is 25.3 Å². The zero-order valence-corrected chi connectivity index (χ0v) is 12.2. The third kappa shape index (κ3) is 3.68. The Morgan fingerprint density at radius 1 is 1.35 bits per heavy atom. The Hall–Kier alpha value is -1.65. The van der Waals surface area contributed by atoms with E-state index in [0.717, 1.165) is 12.1 Å². The number of nitrogens with zero attached hydrogens (tertiary/aromatic N) is 1. The van der Waals surface area contributed by atoms with Crippen LogP contribution < -0.4 is 10.1 Å². The highest BCUT2D eigenvalue weighted by Gasteiger charge is 2.07. The number of ether oxygens (including phenoxy) is 1. The molecule has 5 heteroatoms. The van der Waals surface area contributed by atoms with Crippen LogP contribution in [0, 0.1) is 12.7 Å². The first-order chi connectivity index (χ1) is 9.60. The molecule has 0 atom stereocenters. The molecule has 0 unspecified atom stereocenters. The molecular formula is C15H16ClFN2O. The van der Waals surface area contributed by atoms with E-state index in [9.17, 15) is 4.39 Å². The van der Waals surface area contributed by atoms with Gasteiger partial charge in [0.25, 0.3) is 0 Å². The molecule has 1 aromatic heterocycles. The van der Waals surface area contributed by atoms with Crippen molar-refractivity contribution in [2.45, 2.75) is 20.4 Å². The first-order valence-corrected chi connectivity index (χ1v) is 6.77. The van der Waals surface area contributed by atoms with E-state index in [0.29, 0.717) is 28.8 Å².